The molecule has 1 aromatic carbocycles. The minimum atomic E-state index is -0.331. The molecule has 2 aromatic heterocycles. The predicted molar refractivity (Wildman–Crippen MR) is 89.1 cm³/mol. The van der Waals surface area contributed by atoms with E-state index in [1.165, 1.54) is 18.1 Å². The molecule has 0 atom stereocenters. The Kier molecular flexibility index (Phi) is 4.42. The van der Waals surface area contributed by atoms with Gasteiger partial charge >= 0.3 is 5.97 Å². The van der Waals surface area contributed by atoms with Crippen molar-refractivity contribution >= 4 is 40.3 Å². The number of carbonyl (C=O) groups excluding carboxylic acids is 1. The third kappa shape index (κ3) is 3.11. The molecule has 0 aliphatic heterocycles. The van der Waals surface area contributed by atoms with Crippen LogP contribution >= 0.6 is 11.8 Å². The number of thioether (sulfide) groups is 1. The number of hydrogen-bond donors (Lipinski definition) is 2. The molecule has 2 N–H and O–H groups in total. The SMILES string of the molecule is CCOC(=O)c1ccc(Nc2ncnc3[nH]nc(SC)c23)cc1. The van der Waals surface area contributed by atoms with Crippen LogP contribution in [0.2, 0.25) is 0 Å². The van der Waals surface area contributed by atoms with Gasteiger partial charge in [0.05, 0.1) is 17.6 Å². The zero-order chi connectivity index (χ0) is 16.2. The first-order chi connectivity index (χ1) is 11.2. The largest absolute Gasteiger partial charge is 0.462 e. The summed E-state index contributed by atoms with van der Waals surface area (Å²) in [5.41, 5.74) is 2.00. The monoisotopic (exact) mass is 329 g/mol. The molecular formula is C15H15N5O2S. The van der Waals surface area contributed by atoms with E-state index in [1.807, 2.05) is 6.26 Å². The maximum absolute atomic E-state index is 11.7. The smallest absolute Gasteiger partial charge is 0.338 e. The van der Waals surface area contributed by atoms with Crippen LogP contribution in [0.25, 0.3) is 11.0 Å². The van der Waals surface area contributed by atoms with Crippen molar-refractivity contribution in [3.63, 3.8) is 0 Å². The van der Waals surface area contributed by atoms with E-state index in [4.69, 9.17) is 4.74 Å². The Morgan fingerprint density at radius 2 is 2.09 bits per heavy atom. The van der Waals surface area contributed by atoms with Gasteiger partial charge in [-0.05, 0) is 37.4 Å². The first kappa shape index (κ1) is 15.3. The van der Waals surface area contributed by atoms with E-state index in [-0.39, 0.29) is 5.97 Å². The number of aromatic amines is 1. The van der Waals surface area contributed by atoms with Crippen LogP contribution in [-0.2, 0) is 4.74 Å². The molecule has 3 aromatic rings. The van der Waals surface area contributed by atoms with Gasteiger partial charge in [0.1, 0.15) is 17.2 Å². The number of H-pyrrole nitrogens is 1. The molecule has 0 spiro atoms. The summed E-state index contributed by atoms with van der Waals surface area (Å²) in [6, 6.07) is 7.03. The number of anilines is 2. The molecule has 0 unspecified atom stereocenters. The maximum atomic E-state index is 11.7. The fourth-order valence-corrected chi connectivity index (χ4v) is 2.65. The van der Waals surface area contributed by atoms with Gasteiger partial charge in [-0.1, -0.05) is 0 Å². The summed E-state index contributed by atoms with van der Waals surface area (Å²) in [6.45, 7) is 2.14. The van der Waals surface area contributed by atoms with Gasteiger partial charge in [-0.15, -0.1) is 11.8 Å². The van der Waals surface area contributed by atoms with E-state index in [9.17, 15) is 4.79 Å². The van der Waals surface area contributed by atoms with E-state index in [0.717, 1.165) is 16.1 Å². The highest BCUT2D eigenvalue weighted by atomic mass is 32.2. The van der Waals surface area contributed by atoms with Crippen LogP contribution in [0, 0.1) is 0 Å². The number of aromatic nitrogens is 4. The quantitative estimate of drug-likeness (QED) is 0.549. The minimum absolute atomic E-state index is 0.331. The first-order valence-corrected chi connectivity index (χ1v) is 8.22. The van der Waals surface area contributed by atoms with Crippen LogP contribution in [0.15, 0.2) is 35.6 Å². The molecular weight excluding hydrogens is 314 g/mol. The van der Waals surface area contributed by atoms with Gasteiger partial charge in [0.15, 0.2) is 5.65 Å². The highest BCUT2D eigenvalue weighted by Gasteiger charge is 2.12. The van der Waals surface area contributed by atoms with Gasteiger partial charge in [-0.2, -0.15) is 5.10 Å². The average molecular weight is 329 g/mol. The number of benzene rings is 1. The van der Waals surface area contributed by atoms with E-state index in [1.54, 1.807) is 31.2 Å². The van der Waals surface area contributed by atoms with Crippen LogP contribution in [0.4, 0.5) is 11.5 Å². The van der Waals surface area contributed by atoms with Crippen molar-refractivity contribution in [2.45, 2.75) is 11.9 Å². The number of nitrogens with zero attached hydrogens (tertiary/aromatic N) is 3. The lowest BCUT2D eigenvalue weighted by atomic mass is 10.2. The Morgan fingerprint density at radius 3 is 2.78 bits per heavy atom. The molecule has 118 valence electrons. The third-order valence-corrected chi connectivity index (χ3v) is 3.86. The number of esters is 1. The Morgan fingerprint density at radius 1 is 1.30 bits per heavy atom. The van der Waals surface area contributed by atoms with E-state index >= 15 is 0 Å². The van der Waals surface area contributed by atoms with Crippen molar-refractivity contribution in [3.8, 4) is 0 Å². The highest BCUT2D eigenvalue weighted by Crippen LogP contribution is 2.29. The van der Waals surface area contributed by atoms with Crippen LogP contribution in [0.5, 0.6) is 0 Å². The Labute approximate surface area is 136 Å². The molecule has 0 aliphatic carbocycles. The number of fused-ring (bicyclic) bond motifs is 1. The average Bonchev–Trinajstić information content (AvgIpc) is 3.00. The second-order valence-corrected chi connectivity index (χ2v) is 5.40. The number of carbonyl (C=O) groups is 1. The van der Waals surface area contributed by atoms with Gasteiger partial charge in [0.25, 0.3) is 0 Å². The second-order valence-electron chi connectivity index (χ2n) is 4.60. The van der Waals surface area contributed by atoms with E-state index in [2.05, 4.69) is 25.5 Å². The van der Waals surface area contributed by atoms with Crippen molar-refractivity contribution in [2.75, 3.05) is 18.2 Å². The fraction of sp³-hybridized carbons (Fsp3) is 0.200. The second kappa shape index (κ2) is 6.66. The summed E-state index contributed by atoms with van der Waals surface area (Å²) in [5.74, 6) is 0.333. The van der Waals surface area contributed by atoms with Gasteiger partial charge in [0.2, 0.25) is 0 Å². The van der Waals surface area contributed by atoms with Crippen molar-refractivity contribution in [1.82, 2.24) is 20.2 Å². The topological polar surface area (TPSA) is 92.8 Å². The summed E-state index contributed by atoms with van der Waals surface area (Å²) >= 11 is 1.52. The van der Waals surface area contributed by atoms with Crippen LogP contribution in [0.3, 0.4) is 0 Å². The molecule has 0 saturated carbocycles. The van der Waals surface area contributed by atoms with Crippen LogP contribution < -0.4 is 5.32 Å². The van der Waals surface area contributed by atoms with Crippen LogP contribution in [-0.4, -0.2) is 39.0 Å². The molecule has 8 heteroatoms. The van der Waals surface area contributed by atoms with Gasteiger partial charge in [0, 0.05) is 5.69 Å². The number of ether oxygens (including phenoxy) is 1. The van der Waals surface area contributed by atoms with Crippen molar-refractivity contribution in [3.05, 3.63) is 36.2 Å². The molecule has 0 saturated heterocycles. The number of nitrogens with one attached hydrogen (secondary N) is 2. The molecule has 3 rings (SSSR count). The highest BCUT2D eigenvalue weighted by molar-refractivity contribution is 7.98. The summed E-state index contributed by atoms with van der Waals surface area (Å²) in [4.78, 5) is 20.1. The summed E-state index contributed by atoms with van der Waals surface area (Å²) in [7, 11) is 0. The van der Waals surface area contributed by atoms with Crippen molar-refractivity contribution in [1.29, 1.82) is 0 Å². The lowest BCUT2D eigenvalue weighted by Gasteiger charge is -2.08. The number of hydrogen-bond acceptors (Lipinski definition) is 7. The predicted octanol–water partition coefficient (Wildman–Crippen LogP) is 3.00. The van der Waals surface area contributed by atoms with Crippen LogP contribution in [0.1, 0.15) is 17.3 Å². The molecule has 0 amide bonds. The van der Waals surface area contributed by atoms with Crippen molar-refractivity contribution < 1.29 is 9.53 Å². The third-order valence-electron chi connectivity index (χ3n) is 3.18. The normalized spacial score (nSPS) is 10.7. The summed E-state index contributed by atoms with van der Waals surface area (Å²) < 4.78 is 4.97. The molecule has 0 aliphatic rings. The van der Waals surface area contributed by atoms with Gasteiger partial charge < -0.3 is 10.1 Å². The summed E-state index contributed by atoms with van der Waals surface area (Å²) in [5, 5.41) is 12.0. The zero-order valence-electron chi connectivity index (χ0n) is 12.7. The van der Waals surface area contributed by atoms with E-state index in [0.29, 0.717) is 23.6 Å². The lowest BCUT2D eigenvalue weighted by molar-refractivity contribution is 0.0526. The molecule has 23 heavy (non-hydrogen) atoms. The summed E-state index contributed by atoms with van der Waals surface area (Å²) in [6.07, 6.45) is 3.42. The standard InChI is InChI=1S/C15H15N5O2S/c1-3-22-15(21)9-4-6-10(7-5-9)18-12-11-13(17-8-16-12)19-20-14(11)23-2/h4-8H,3H2,1-2H3,(H2,16,17,18,19,20). The van der Waals surface area contributed by atoms with E-state index < -0.39 is 0 Å². The van der Waals surface area contributed by atoms with Gasteiger partial charge in [-0.3, -0.25) is 5.10 Å². The van der Waals surface area contributed by atoms with Crippen molar-refractivity contribution in [2.24, 2.45) is 0 Å². The zero-order valence-corrected chi connectivity index (χ0v) is 13.5. The Bertz CT molecular complexity index is 832. The maximum Gasteiger partial charge on any atom is 0.338 e. The lowest BCUT2D eigenvalue weighted by Crippen LogP contribution is -2.04. The molecule has 0 bridgehead atoms. The minimum Gasteiger partial charge on any atom is -0.462 e. The molecule has 2 heterocycles. The number of rotatable bonds is 5. The fourth-order valence-electron chi connectivity index (χ4n) is 2.12. The molecule has 0 fully saturated rings. The molecule has 7 nitrogen and oxygen atoms in total. The first-order valence-electron chi connectivity index (χ1n) is 7.00. The Hall–Kier alpha value is -2.61. The van der Waals surface area contributed by atoms with Gasteiger partial charge in [-0.25, -0.2) is 14.8 Å². The molecule has 0 radical (unpaired) electrons. The Balaban J connectivity index is 1.87.